The van der Waals surface area contributed by atoms with Gasteiger partial charge in [0.05, 0.1) is 6.54 Å². The first-order valence-corrected chi connectivity index (χ1v) is 2.85. The van der Waals surface area contributed by atoms with Crippen LogP contribution < -0.4 is 16.2 Å². The van der Waals surface area contributed by atoms with Gasteiger partial charge in [-0.15, -0.1) is 0 Å². The first kappa shape index (κ1) is 7.55. The van der Waals surface area contributed by atoms with Crippen LogP contribution in [0.25, 0.3) is 0 Å². The van der Waals surface area contributed by atoms with Crippen molar-refractivity contribution in [1.29, 1.82) is 0 Å². The van der Waals surface area contributed by atoms with Crippen molar-refractivity contribution >= 4 is 6.09 Å². The lowest BCUT2D eigenvalue weighted by atomic mass is 10.5. The molecule has 0 atom stereocenters. The summed E-state index contributed by atoms with van der Waals surface area (Å²) in [5.41, 5.74) is 9.89. The molecule has 1 heterocycles. The highest BCUT2D eigenvalue weighted by Gasteiger charge is 2.04. The first-order chi connectivity index (χ1) is 5.22. The van der Waals surface area contributed by atoms with Crippen LogP contribution >= 0.6 is 0 Å². The minimum Gasteiger partial charge on any atom is -0.388 e. The summed E-state index contributed by atoms with van der Waals surface area (Å²) in [5.74, 6) is 0.458. The molecule has 0 fully saturated rings. The Hall–Kier alpha value is -1.56. The molecule has 0 bridgehead atoms. The van der Waals surface area contributed by atoms with E-state index in [0.717, 1.165) is 0 Å². The zero-order valence-corrected chi connectivity index (χ0v) is 5.61. The van der Waals surface area contributed by atoms with E-state index >= 15 is 0 Å². The van der Waals surface area contributed by atoms with Crippen molar-refractivity contribution < 1.29 is 14.1 Å². The second-order valence-electron chi connectivity index (χ2n) is 1.76. The lowest BCUT2D eigenvalue weighted by Gasteiger charge is -1.89. The topological polar surface area (TPSA) is 104 Å². The number of rotatable bonds is 2. The third-order valence-corrected chi connectivity index (χ3v) is 0.944. The van der Waals surface area contributed by atoms with Crippen LogP contribution in [0.1, 0.15) is 5.76 Å². The van der Waals surface area contributed by atoms with E-state index in [0.29, 0.717) is 5.76 Å². The zero-order chi connectivity index (χ0) is 8.27. The van der Waals surface area contributed by atoms with Gasteiger partial charge in [0.2, 0.25) is 0 Å². The summed E-state index contributed by atoms with van der Waals surface area (Å²) >= 11 is 0. The van der Waals surface area contributed by atoms with Gasteiger partial charge < -0.3 is 20.7 Å². The Kier molecular flexibility index (Phi) is 2.07. The van der Waals surface area contributed by atoms with Crippen molar-refractivity contribution in [2.75, 3.05) is 0 Å². The third-order valence-electron chi connectivity index (χ3n) is 0.944. The highest BCUT2D eigenvalue weighted by atomic mass is 16.6. The fourth-order valence-corrected chi connectivity index (χ4v) is 0.541. The van der Waals surface area contributed by atoms with Crippen molar-refractivity contribution in [3.63, 3.8) is 0 Å². The van der Waals surface area contributed by atoms with Gasteiger partial charge in [-0.25, -0.2) is 4.79 Å². The van der Waals surface area contributed by atoms with Gasteiger partial charge >= 0.3 is 6.09 Å². The van der Waals surface area contributed by atoms with E-state index in [1.165, 1.54) is 6.07 Å². The predicted molar refractivity (Wildman–Crippen MR) is 34.6 cm³/mol. The van der Waals surface area contributed by atoms with Crippen LogP contribution in [0.3, 0.4) is 0 Å². The predicted octanol–water partition coefficient (Wildman–Crippen LogP) is -0.409. The third kappa shape index (κ3) is 1.94. The van der Waals surface area contributed by atoms with E-state index in [-0.39, 0.29) is 12.4 Å². The number of nitrogens with two attached hydrogens (primary N) is 2. The molecule has 0 aromatic carbocycles. The molecule has 11 heavy (non-hydrogen) atoms. The number of hydrogen-bond acceptors (Lipinski definition) is 5. The summed E-state index contributed by atoms with van der Waals surface area (Å²) in [6.07, 6.45) is -0.929. The Morgan fingerprint density at radius 2 is 2.55 bits per heavy atom. The molecular formula is C5H7N3O3. The van der Waals surface area contributed by atoms with Crippen LogP contribution in [0.4, 0.5) is 4.79 Å². The number of nitrogens with zero attached hydrogens (tertiary/aromatic N) is 1. The van der Waals surface area contributed by atoms with E-state index in [2.05, 4.69) is 14.4 Å². The molecule has 6 nitrogen and oxygen atoms in total. The lowest BCUT2D eigenvalue weighted by molar-refractivity contribution is 0.206. The smallest absolute Gasteiger partial charge is 0.388 e. The molecule has 60 valence electrons. The molecule has 0 spiro atoms. The van der Waals surface area contributed by atoms with E-state index < -0.39 is 6.09 Å². The van der Waals surface area contributed by atoms with Crippen LogP contribution in [0.5, 0.6) is 5.88 Å². The minimum absolute atomic E-state index is 0.0259. The quantitative estimate of drug-likeness (QED) is 0.607. The van der Waals surface area contributed by atoms with Gasteiger partial charge in [-0.1, -0.05) is 0 Å². The van der Waals surface area contributed by atoms with Gasteiger partial charge in [0.25, 0.3) is 5.88 Å². The van der Waals surface area contributed by atoms with Crippen LogP contribution in [-0.4, -0.2) is 11.2 Å². The summed E-state index contributed by atoms with van der Waals surface area (Å²) in [6, 6.07) is 1.39. The molecule has 0 radical (unpaired) electrons. The van der Waals surface area contributed by atoms with E-state index in [9.17, 15) is 4.79 Å². The lowest BCUT2D eigenvalue weighted by Crippen LogP contribution is -2.16. The molecule has 4 N–H and O–H groups in total. The Balaban J connectivity index is 2.65. The highest BCUT2D eigenvalue weighted by molar-refractivity contribution is 5.67. The fourth-order valence-electron chi connectivity index (χ4n) is 0.541. The number of primary amides is 1. The Morgan fingerprint density at radius 3 is 3.00 bits per heavy atom. The zero-order valence-electron chi connectivity index (χ0n) is 5.61. The highest BCUT2D eigenvalue weighted by Crippen LogP contribution is 2.09. The average molecular weight is 157 g/mol. The van der Waals surface area contributed by atoms with Crippen LogP contribution in [0.15, 0.2) is 10.6 Å². The molecule has 1 rings (SSSR count). The maximum Gasteiger partial charge on any atom is 0.411 e. The van der Waals surface area contributed by atoms with E-state index in [4.69, 9.17) is 11.5 Å². The molecule has 0 unspecified atom stereocenters. The molecule has 0 saturated heterocycles. The van der Waals surface area contributed by atoms with Gasteiger partial charge in [-0.2, -0.15) is 0 Å². The number of amides is 1. The number of ether oxygens (including phenoxy) is 1. The van der Waals surface area contributed by atoms with Crippen molar-refractivity contribution in [3.05, 3.63) is 11.8 Å². The second kappa shape index (κ2) is 3.02. The van der Waals surface area contributed by atoms with E-state index in [1.807, 2.05) is 0 Å². The van der Waals surface area contributed by atoms with Gasteiger partial charge in [0, 0.05) is 6.07 Å². The molecule has 1 aromatic rings. The Bertz CT molecular complexity index is 257. The summed E-state index contributed by atoms with van der Waals surface area (Å²) < 4.78 is 8.98. The molecule has 1 amide bonds. The molecular weight excluding hydrogens is 150 g/mol. The maximum absolute atomic E-state index is 10.2. The van der Waals surface area contributed by atoms with Crippen LogP contribution in [0, 0.1) is 0 Å². The average Bonchev–Trinajstić information content (AvgIpc) is 2.34. The van der Waals surface area contributed by atoms with Crippen molar-refractivity contribution in [2.45, 2.75) is 6.54 Å². The van der Waals surface area contributed by atoms with Gasteiger partial charge in [0.15, 0.2) is 5.76 Å². The maximum atomic E-state index is 10.2. The van der Waals surface area contributed by atoms with Gasteiger partial charge in [-0.3, -0.25) is 0 Å². The van der Waals surface area contributed by atoms with E-state index in [1.54, 1.807) is 0 Å². The van der Waals surface area contributed by atoms with Crippen molar-refractivity contribution in [1.82, 2.24) is 5.16 Å². The molecule has 0 aliphatic heterocycles. The molecule has 0 aliphatic carbocycles. The summed E-state index contributed by atoms with van der Waals surface area (Å²) in [5, 5.41) is 3.35. The fraction of sp³-hybridized carbons (Fsp3) is 0.200. The standard InChI is InChI=1S/C5H7N3O3/c6-2-3-1-4(8-11-3)10-5(7)9/h1H,2,6H2,(H2,7,9). The van der Waals surface area contributed by atoms with Crippen molar-refractivity contribution in [2.24, 2.45) is 11.5 Å². The Labute approximate surface area is 62.1 Å². The minimum atomic E-state index is -0.929. The summed E-state index contributed by atoms with van der Waals surface area (Å²) in [4.78, 5) is 10.2. The number of carbonyl (C=O) groups is 1. The van der Waals surface area contributed by atoms with Crippen molar-refractivity contribution in [3.8, 4) is 5.88 Å². The molecule has 6 heteroatoms. The van der Waals surface area contributed by atoms with Gasteiger partial charge in [0.1, 0.15) is 0 Å². The number of carbonyl (C=O) groups excluding carboxylic acids is 1. The summed E-state index contributed by atoms with van der Waals surface area (Å²) in [7, 11) is 0. The largest absolute Gasteiger partial charge is 0.411 e. The van der Waals surface area contributed by atoms with Gasteiger partial charge in [-0.05, 0) is 5.16 Å². The van der Waals surface area contributed by atoms with Crippen LogP contribution in [0.2, 0.25) is 0 Å². The normalized spacial score (nSPS) is 9.55. The number of aromatic nitrogens is 1. The molecule has 1 aromatic heterocycles. The monoisotopic (exact) mass is 157 g/mol. The van der Waals surface area contributed by atoms with Crippen LogP contribution in [-0.2, 0) is 6.54 Å². The Morgan fingerprint density at radius 1 is 1.82 bits per heavy atom. The number of hydrogen-bond donors (Lipinski definition) is 2. The summed E-state index contributed by atoms with van der Waals surface area (Å²) in [6.45, 7) is 0.203. The second-order valence-corrected chi connectivity index (χ2v) is 1.76. The molecule has 0 aliphatic rings. The first-order valence-electron chi connectivity index (χ1n) is 2.85. The SMILES string of the molecule is NCc1cc(OC(N)=O)no1. The molecule has 0 saturated carbocycles.